The van der Waals surface area contributed by atoms with Crippen molar-refractivity contribution < 1.29 is 5.11 Å². The number of aryl methyl sites for hydroxylation is 1. The van der Waals surface area contributed by atoms with Crippen LogP contribution in [0.5, 0.6) is 0 Å². The van der Waals surface area contributed by atoms with Gasteiger partial charge in [-0.2, -0.15) is 0 Å². The summed E-state index contributed by atoms with van der Waals surface area (Å²) in [6.07, 6.45) is 1.66. The van der Waals surface area contributed by atoms with E-state index in [0.717, 1.165) is 24.9 Å². The zero-order chi connectivity index (χ0) is 11.8. The molecule has 2 heteroatoms. The van der Waals surface area contributed by atoms with E-state index in [1.165, 1.54) is 5.56 Å². The normalized spacial score (nSPS) is 31.6. The van der Waals surface area contributed by atoms with Crippen LogP contribution >= 0.6 is 0 Å². The Morgan fingerprint density at radius 1 is 1.38 bits per heavy atom. The van der Waals surface area contributed by atoms with Crippen LogP contribution in [0.1, 0.15) is 30.9 Å². The summed E-state index contributed by atoms with van der Waals surface area (Å²) in [5.74, 6) is 0. The Morgan fingerprint density at radius 3 is 2.69 bits per heavy atom. The fourth-order valence-electron chi connectivity index (χ4n) is 2.67. The standard InChI is InChI=1S/C14H21NO/c1-11-6-4-5-7-13(11)14(16)8-9-15(3)12(2)10-14/h4-7,12,16H,8-10H2,1-3H3. The number of hydrogen-bond acceptors (Lipinski definition) is 2. The van der Waals surface area contributed by atoms with Gasteiger partial charge >= 0.3 is 0 Å². The second-order valence-electron chi connectivity index (χ2n) is 5.13. The molecule has 1 aromatic carbocycles. The molecule has 0 saturated carbocycles. The average molecular weight is 219 g/mol. The van der Waals surface area contributed by atoms with Crippen molar-refractivity contribution in [3.63, 3.8) is 0 Å². The minimum atomic E-state index is -0.628. The lowest BCUT2D eigenvalue weighted by Crippen LogP contribution is -2.46. The first-order chi connectivity index (χ1) is 7.53. The lowest BCUT2D eigenvalue weighted by molar-refractivity contribution is -0.0412. The van der Waals surface area contributed by atoms with E-state index >= 15 is 0 Å². The lowest BCUT2D eigenvalue weighted by atomic mass is 9.80. The highest BCUT2D eigenvalue weighted by Crippen LogP contribution is 2.36. The highest BCUT2D eigenvalue weighted by Gasteiger charge is 2.37. The molecule has 1 saturated heterocycles. The summed E-state index contributed by atoms with van der Waals surface area (Å²) >= 11 is 0. The number of piperidine rings is 1. The third-order valence-electron chi connectivity index (χ3n) is 3.91. The van der Waals surface area contributed by atoms with E-state index < -0.39 is 5.60 Å². The molecule has 0 aliphatic carbocycles. The number of hydrogen-bond donors (Lipinski definition) is 1. The molecule has 2 atom stereocenters. The highest BCUT2D eigenvalue weighted by atomic mass is 16.3. The SMILES string of the molecule is Cc1ccccc1C1(O)CCN(C)C(C)C1. The molecule has 2 nitrogen and oxygen atoms in total. The third-order valence-corrected chi connectivity index (χ3v) is 3.91. The molecule has 1 N–H and O–H groups in total. The van der Waals surface area contributed by atoms with Gasteiger partial charge in [-0.1, -0.05) is 24.3 Å². The molecule has 1 aliphatic heterocycles. The first-order valence-electron chi connectivity index (χ1n) is 6.02. The van der Waals surface area contributed by atoms with Crippen LogP contribution in [0.4, 0.5) is 0 Å². The molecule has 1 aromatic rings. The lowest BCUT2D eigenvalue weighted by Gasteiger charge is -2.42. The Hall–Kier alpha value is -0.860. The van der Waals surface area contributed by atoms with Crippen LogP contribution in [0.3, 0.4) is 0 Å². The van der Waals surface area contributed by atoms with E-state index in [9.17, 15) is 5.11 Å². The van der Waals surface area contributed by atoms with E-state index in [-0.39, 0.29) is 0 Å². The Bertz CT molecular complexity index is 377. The molecular formula is C14H21NO. The molecule has 1 heterocycles. The second-order valence-corrected chi connectivity index (χ2v) is 5.13. The summed E-state index contributed by atoms with van der Waals surface area (Å²) in [4.78, 5) is 2.31. The van der Waals surface area contributed by atoms with Crippen molar-refractivity contribution in [1.29, 1.82) is 0 Å². The van der Waals surface area contributed by atoms with Gasteiger partial charge in [-0.3, -0.25) is 0 Å². The summed E-state index contributed by atoms with van der Waals surface area (Å²) in [6.45, 7) is 5.23. The van der Waals surface area contributed by atoms with Gasteiger partial charge in [0.15, 0.2) is 0 Å². The van der Waals surface area contributed by atoms with Crippen LogP contribution in [0.15, 0.2) is 24.3 Å². The van der Waals surface area contributed by atoms with Crippen molar-refractivity contribution >= 4 is 0 Å². The maximum atomic E-state index is 10.8. The molecular weight excluding hydrogens is 198 g/mol. The topological polar surface area (TPSA) is 23.5 Å². The maximum absolute atomic E-state index is 10.8. The van der Waals surface area contributed by atoms with Gasteiger partial charge in [0, 0.05) is 12.6 Å². The van der Waals surface area contributed by atoms with Gasteiger partial charge in [-0.05, 0) is 44.9 Å². The Balaban J connectivity index is 2.29. The maximum Gasteiger partial charge on any atom is 0.0926 e. The molecule has 0 bridgehead atoms. The molecule has 16 heavy (non-hydrogen) atoms. The summed E-state index contributed by atoms with van der Waals surface area (Å²) in [6, 6.07) is 8.63. The number of likely N-dealkylation sites (tertiary alicyclic amines) is 1. The molecule has 2 unspecified atom stereocenters. The number of nitrogens with zero attached hydrogens (tertiary/aromatic N) is 1. The first kappa shape index (κ1) is 11.6. The summed E-state index contributed by atoms with van der Waals surface area (Å²) in [5.41, 5.74) is 1.67. The van der Waals surface area contributed by atoms with E-state index in [0.29, 0.717) is 6.04 Å². The van der Waals surface area contributed by atoms with E-state index in [1.807, 2.05) is 12.1 Å². The minimum absolute atomic E-state index is 0.443. The molecule has 88 valence electrons. The predicted octanol–water partition coefficient (Wildman–Crippen LogP) is 2.30. The van der Waals surface area contributed by atoms with Gasteiger partial charge in [0.2, 0.25) is 0 Å². The third kappa shape index (κ3) is 2.00. The average Bonchev–Trinajstić information content (AvgIpc) is 2.25. The van der Waals surface area contributed by atoms with Crippen LogP contribution in [-0.2, 0) is 5.60 Å². The Kier molecular flexibility index (Phi) is 3.04. The van der Waals surface area contributed by atoms with Gasteiger partial charge < -0.3 is 10.0 Å². The Labute approximate surface area is 97.9 Å². The van der Waals surface area contributed by atoms with Crippen LogP contribution in [0.2, 0.25) is 0 Å². The first-order valence-corrected chi connectivity index (χ1v) is 6.02. The molecule has 0 spiro atoms. The molecule has 0 radical (unpaired) electrons. The van der Waals surface area contributed by atoms with Gasteiger partial charge in [0.25, 0.3) is 0 Å². The second kappa shape index (κ2) is 4.19. The van der Waals surface area contributed by atoms with Crippen molar-refractivity contribution in [2.45, 2.75) is 38.3 Å². The minimum Gasteiger partial charge on any atom is -0.385 e. The van der Waals surface area contributed by atoms with Crippen molar-refractivity contribution in [3.05, 3.63) is 35.4 Å². The zero-order valence-electron chi connectivity index (χ0n) is 10.4. The van der Waals surface area contributed by atoms with Crippen molar-refractivity contribution in [2.24, 2.45) is 0 Å². The van der Waals surface area contributed by atoms with E-state index in [4.69, 9.17) is 0 Å². The highest BCUT2D eigenvalue weighted by molar-refractivity contribution is 5.31. The largest absolute Gasteiger partial charge is 0.385 e. The van der Waals surface area contributed by atoms with Crippen LogP contribution in [-0.4, -0.2) is 29.6 Å². The molecule has 0 amide bonds. The molecule has 2 rings (SSSR count). The molecule has 1 fully saturated rings. The van der Waals surface area contributed by atoms with Gasteiger partial charge in [-0.15, -0.1) is 0 Å². The Morgan fingerprint density at radius 2 is 2.06 bits per heavy atom. The monoisotopic (exact) mass is 219 g/mol. The van der Waals surface area contributed by atoms with Crippen molar-refractivity contribution in [2.75, 3.05) is 13.6 Å². The number of rotatable bonds is 1. The van der Waals surface area contributed by atoms with Crippen molar-refractivity contribution in [3.8, 4) is 0 Å². The molecule has 1 aliphatic rings. The fourth-order valence-corrected chi connectivity index (χ4v) is 2.67. The van der Waals surface area contributed by atoms with Crippen LogP contribution in [0.25, 0.3) is 0 Å². The molecule has 0 aromatic heterocycles. The number of benzene rings is 1. The quantitative estimate of drug-likeness (QED) is 0.783. The zero-order valence-corrected chi connectivity index (χ0v) is 10.4. The number of aliphatic hydroxyl groups is 1. The van der Waals surface area contributed by atoms with Crippen LogP contribution < -0.4 is 0 Å². The van der Waals surface area contributed by atoms with Crippen LogP contribution in [0, 0.1) is 6.92 Å². The van der Waals surface area contributed by atoms with Crippen molar-refractivity contribution in [1.82, 2.24) is 4.90 Å². The van der Waals surface area contributed by atoms with Gasteiger partial charge in [-0.25, -0.2) is 0 Å². The van der Waals surface area contributed by atoms with E-state index in [1.54, 1.807) is 0 Å². The summed E-state index contributed by atoms with van der Waals surface area (Å²) < 4.78 is 0. The summed E-state index contributed by atoms with van der Waals surface area (Å²) in [5, 5.41) is 10.8. The van der Waals surface area contributed by atoms with E-state index in [2.05, 4.69) is 37.9 Å². The van der Waals surface area contributed by atoms with Gasteiger partial charge in [0.05, 0.1) is 5.60 Å². The fraction of sp³-hybridized carbons (Fsp3) is 0.571. The summed E-state index contributed by atoms with van der Waals surface area (Å²) in [7, 11) is 2.13. The van der Waals surface area contributed by atoms with Gasteiger partial charge in [0.1, 0.15) is 0 Å². The predicted molar refractivity (Wildman–Crippen MR) is 66.4 cm³/mol. The smallest absolute Gasteiger partial charge is 0.0926 e.